The van der Waals surface area contributed by atoms with Gasteiger partial charge in [-0.2, -0.15) is 0 Å². The van der Waals surface area contributed by atoms with Crippen molar-refractivity contribution in [1.29, 1.82) is 0 Å². The number of anilines is 1. The maximum Gasteiger partial charge on any atom is 0.251 e. The standard InChI is InChI=1S/C17H20N2O2/c1-3-12-4-7-14(8-5-12)17(20)19-11-13-6-9-16(21-2)15(18)10-13/h4-10H,3,11,18H2,1-2H3,(H,19,20). The van der Waals surface area contributed by atoms with Crippen LogP contribution < -0.4 is 15.8 Å². The fraction of sp³-hybridized carbons (Fsp3) is 0.235. The Morgan fingerprint density at radius 1 is 1.14 bits per heavy atom. The van der Waals surface area contributed by atoms with Crippen LogP contribution in [0.25, 0.3) is 0 Å². The number of nitrogens with one attached hydrogen (secondary N) is 1. The molecule has 0 aromatic heterocycles. The summed E-state index contributed by atoms with van der Waals surface area (Å²) >= 11 is 0. The lowest BCUT2D eigenvalue weighted by molar-refractivity contribution is 0.0951. The van der Waals surface area contributed by atoms with Crippen LogP contribution in [0.5, 0.6) is 5.75 Å². The molecule has 2 rings (SSSR count). The molecule has 0 spiro atoms. The van der Waals surface area contributed by atoms with Crippen LogP contribution in [0.15, 0.2) is 42.5 Å². The van der Waals surface area contributed by atoms with Gasteiger partial charge >= 0.3 is 0 Å². The predicted molar refractivity (Wildman–Crippen MR) is 84.4 cm³/mol. The fourth-order valence-electron chi connectivity index (χ4n) is 2.07. The van der Waals surface area contributed by atoms with Crippen LogP contribution in [0.3, 0.4) is 0 Å². The lowest BCUT2D eigenvalue weighted by Gasteiger charge is -2.09. The summed E-state index contributed by atoms with van der Waals surface area (Å²) in [5.74, 6) is 0.548. The molecule has 21 heavy (non-hydrogen) atoms. The maximum absolute atomic E-state index is 12.1. The average Bonchev–Trinajstić information content (AvgIpc) is 2.52. The molecule has 0 saturated carbocycles. The molecule has 0 radical (unpaired) electrons. The van der Waals surface area contributed by atoms with Gasteiger partial charge in [-0.15, -0.1) is 0 Å². The molecule has 2 aromatic carbocycles. The number of amides is 1. The minimum Gasteiger partial charge on any atom is -0.495 e. The van der Waals surface area contributed by atoms with Gasteiger partial charge in [0.25, 0.3) is 5.91 Å². The van der Waals surface area contributed by atoms with Crippen molar-refractivity contribution in [2.75, 3.05) is 12.8 Å². The highest BCUT2D eigenvalue weighted by Gasteiger charge is 2.06. The molecular weight excluding hydrogens is 264 g/mol. The predicted octanol–water partition coefficient (Wildman–Crippen LogP) is 2.77. The van der Waals surface area contributed by atoms with Crippen LogP contribution in [0.4, 0.5) is 5.69 Å². The van der Waals surface area contributed by atoms with E-state index in [1.54, 1.807) is 19.2 Å². The molecule has 0 atom stereocenters. The number of benzene rings is 2. The van der Waals surface area contributed by atoms with Gasteiger partial charge in [-0.05, 0) is 41.8 Å². The maximum atomic E-state index is 12.1. The highest BCUT2D eigenvalue weighted by atomic mass is 16.5. The van der Waals surface area contributed by atoms with Crippen LogP contribution in [0.2, 0.25) is 0 Å². The molecule has 0 aliphatic heterocycles. The van der Waals surface area contributed by atoms with E-state index in [-0.39, 0.29) is 5.91 Å². The molecule has 0 heterocycles. The molecule has 110 valence electrons. The molecule has 0 aliphatic rings. The first-order valence-corrected chi connectivity index (χ1v) is 6.93. The first-order chi connectivity index (χ1) is 10.1. The van der Waals surface area contributed by atoms with Crippen LogP contribution in [-0.4, -0.2) is 13.0 Å². The van der Waals surface area contributed by atoms with Gasteiger partial charge in [0.1, 0.15) is 5.75 Å². The third-order valence-corrected chi connectivity index (χ3v) is 3.37. The average molecular weight is 284 g/mol. The second-order valence-electron chi connectivity index (χ2n) is 4.81. The summed E-state index contributed by atoms with van der Waals surface area (Å²) in [6, 6.07) is 13.1. The molecule has 1 amide bonds. The Morgan fingerprint density at radius 2 is 1.81 bits per heavy atom. The van der Waals surface area contributed by atoms with Gasteiger partial charge in [0.2, 0.25) is 0 Å². The van der Waals surface area contributed by atoms with Gasteiger partial charge < -0.3 is 15.8 Å². The first-order valence-electron chi connectivity index (χ1n) is 6.93. The summed E-state index contributed by atoms with van der Waals surface area (Å²) < 4.78 is 5.10. The van der Waals surface area contributed by atoms with E-state index in [1.165, 1.54) is 5.56 Å². The number of ether oxygens (including phenoxy) is 1. The van der Waals surface area contributed by atoms with E-state index in [9.17, 15) is 4.79 Å². The van der Waals surface area contributed by atoms with Crippen molar-refractivity contribution in [1.82, 2.24) is 5.32 Å². The molecule has 0 bridgehead atoms. The van der Waals surface area contributed by atoms with E-state index in [2.05, 4.69) is 12.2 Å². The van der Waals surface area contributed by atoms with Crippen molar-refractivity contribution in [2.45, 2.75) is 19.9 Å². The van der Waals surface area contributed by atoms with E-state index < -0.39 is 0 Å². The number of methoxy groups -OCH3 is 1. The van der Waals surface area contributed by atoms with Gasteiger partial charge in [0.05, 0.1) is 12.8 Å². The number of rotatable bonds is 5. The lowest BCUT2D eigenvalue weighted by Crippen LogP contribution is -2.22. The largest absolute Gasteiger partial charge is 0.495 e. The van der Waals surface area contributed by atoms with Crippen LogP contribution in [0.1, 0.15) is 28.4 Å². The summed E-state index contributed by atoms with van der Waals surface area (Å²) in [4.78, 5) is 12.1. The number of carbonyl (C=O) groups excluding carboxylic acids is 1. The lowest BCUT2D eigenvalue weighted by atomic mass is 10.1. The highest BCUT2D eigenvalue weighted by Crippen LogP contribution is 2.21. The molecule has 3 N–H and O–H groups in total. The Balaban J connectivity index is 1.98. The minimum absolute atomic E-state index is 0.0907. The molecule has 0 aliphatic carbocycles. The number of aryl methyl sites for hydroxylation is 1. The van der Waals surface area contributed by atoms with Crippen molar-refractivity contribution in [3.8, 4) is 5.75 Å². The second kappa shape index (κ2) is 6.79. The second-order valence-corrected chi connectivity index (χ2v) is 4.81. The summed E-state index contributed by atoms with van der Waals surface area (Å²) in [7, 11) is 1.58. The minimum atomic E-state index is -0.0907. The van der Waals surface area contributed by atoms with Crippen molar-refractivity contribution >= 4 is 11.6 Å². The summed E-state index contributed by atoms with van der Waals surface area (Å²) in [5.41, 5.74) is 9.22. The number of carbonyl (C=O) groups is 1. The zero-order chi connectivity index (χ0) is 15.2. The zero-order valence-electron chi connectivity index (χ0n) is 12.3. The summed E-state index contributed by atoms with van der Waals surface area (Å²) in [5, 5.41) is 2.88. The Kier molecular flexibility index (Phi) is 4.82. The Morgan fingerprint density at radius 3 is 2.38 bits per heavy atom. The highest BCUT2D eigenvalue weighted by molar-refractivity contribution is 5.94. The molecule has 4 heteroatoms. The third kappa shape index (κ3) is 3.75. The number of nitrogen functional groups attached to an aromatic ring is 1. The summed E-state index contributed by atoms with van der Waals surface area (Å²) in [6.07, 6.45) is 0.965. The van der Waals surface area contributed by atoms with Crippen molar-refractivity contribution in [2.24, 2.45) is 0 Å². The Bertz CT molecular complexity index is 621. The van der Waals surface area contributed by atoms with E-state index in [0.29, 0.717) is 23.5 Å². The summed E-state index contributed by atoms with van der Waals surface area (Å²) in [6.45, 7) is 2.52. The van der Waals surface area contributed by atoms with E-state index in [4.69, 9.17) is 10.5 Å². The van der Waals surface area contributed by atoms with Crippen molar-refractivity contribution in [3.05, 3.63) is 59.2 Å². The Labute approximate surface area is 124 Å². The zero-order valence-corrected chi connectivity index (χ0v) is 12.3. The van der Waals surface area contributed by atoms with Gasteiger partial charge in [0, 0.05) is 12.1 Å². The topological polar surface area (TPSA) is 64.3 Å². The van der Waals surface area contributed by atoms with Crippen LogP contribution in [0, 0.1) is 0 Å². The van der Waals surface area contributed by atoms with Gasteiger partial charge in [-0.25, -0.2) is 0 Å². The van der Waals surface area contributed by atoms with Gasteiger partial charge in [-0.1, -0.05) is 25.1 Å². The van der Waals surface area contributed by atoms with E-state index >= 15 is 0 Å². The first kappa shape index (κ1) is 14.9. The number of hydrogen-bond acceptors (Lipinski definition) is 3. The molecule has 0 unspecified atom stereocenters. The van der Waals surface area contributed by atoms with Crippen molar-refractivity contribution < 1.29 is 9.53 Å². The van der Waals surface area contributed by atoms with Crippen LogP contribution in [-0.2, 0) is 13.0 Å². The van der Waals surface area contributed by atoms with Crippen LogP contribution >= 0.6 is 0 Å². The third-order valence-electron chi connectivity index (χ3n) is 3.37. The number of hydrogen-bond donors (Lipinski definition) is 2. The van der Waals surface area contributed by atoms with E-state index in [0.717, 1.165) is 12.0 Å². The SMILES string of the molecule is CCc1ccc(C(=O)NCc2ccc(OC)c(N)c2)cc1. The van der Waals surface area contributed by atoms with E-state index in [1.807, 2.05) is 30.3 Å². The van der Waals surface area contributed by atoms with Gasteiger partial charge in [-0.3, -0.25) is 4.79 Å². The molecule has 0 saturated heterocycles. The number of nitrogens with two attached hydrogens (primary N) is 1. The smallest absolute Gasteiger partial charge is 0.251 e. The van der Waals surface area contributed by atoms with Crippen molar-refractivity contribution in [3.63, 3.8) is 0 Å². The van der Waals surface area contributed by atoms with Gasteiger partial charge in [0.15, 0.2) is 0 Å². The monoisotopic (exact) mass is 284 g/mol. The molecular formula is C17H20N2O2. The molecule has 2 aromatic rings. The Hall–Kier alpha value is -2.49. The molecule has 4 nitrogen and oxygen atoms in total. The normalized spacial score (nSPS) is 10.2. The quantitative estimate of drug-likeness (QED) is 0.830. The molecule has 0 fully saturated rings. The fourth-order valence-corrected chi connectivity index (χ4v) is 2.07.